The minimum atomic E-state index is -0.552. The van der Waals surface area contributed by atoms with Crippen molar-refractivity contribution in [2.75, 3.05) is 13.3 Å². The number of fused-ring (bicyclic) bond motifs is 1. The SMILES string of the molecule is Cc1ccc(CN(C(=O)CCc2ccc3c(c2)OCO3)[C@H](C)C(=O)NCC(C)C)cc1. The van der Waals surface area contributed by atoms with E-state index in [2.05, 4.69) is 5.32 Å². The molecule has 1 aliphatic heterocycles. The van der Waals surface area contributed by atoms with Gasteiger partial charge in [0.05, 0.1) is 0 Å². The predicted octanol–water partition coefficient (Wildman–Crippen LogP) is 3.85. The number of aryl methyl sites for hydroxylation is 2. The van der Waals surface area contributed by atoms with Crippen molar-refractivity contribution >= 4 is 11.8 Å². The van der Waals surface area contributed by atoms with Gasteiger partial charge in [-0.2, -0.15) is 0 Å². The molecule has 0 fully saturated rings. The molecule has 1 atom stereocenters. The van der Waals surface area contributed by atoms with Crippen LogP contribution in [0.2, 0.25) is 0 Å². The Balaban J connectivity index is 1.69. The van der Waals surface area contributed by atoms with Crippen molar-refractivity contribution in [1.82, 2.24) is 10.2 Å². The van der Waals surface area contributed by atoms with E-state index in [1.165, 1.54) is 0 Å². The van der Waals surface area contributed by atoms with Gasteiger partial charge >= 0.3 is 0 Å². The molecule has 1 aliphatic rings. The van der Waals surface area contributed by atoms with Crippen molar-refractivity contribution in [2.24, 2.45) is 5.92 Å². The molecule has 2 aromatic rings. The number of hydrogen-bond donors (Lipinski definition) is 1. The largest absolute Gasteiger partial charge is 0.454 e. The van der Waals surface area contributed by atoms with E-state index in [9.17, 15) is 9.59 Å². The Kier molecular flexibility index (Phi) is 7.55. The minimum Gasteiger partial charge on any atom is -0.454 e. The van der Waals surface area contributed by atoms with E-state index in [4.69, 9.17) is 9.47 Å². The van der Waals surface area contributed by atoms with Gasteiger partial charge in [-0.15, -0.1) is 0 Å². The maximum Gasteiger partial charge on any atom is 0.242 e. The van der Waals surface area contributed by atoms with Crippen molar-refractivity contribution in [1.29, 1.82) is 0 Å². The van der Waals surface area contributed by atoms with Crippen molar-refractivity contribution in [3.8, 4) is 11.5 Å². The fraction of sp³-hybridized carbons (Fsp3) is 0.440. The second kappa shape index (κ2) is 10.3. The number of rotatable bonds is 9. The average molecular weight is 425 g/mol. The molecule has 6 nitrogen and oxygen atoms in total. The minimum absolute atomic E-state index is 0.0505. The van der Waals surface area contributed by atoms with Crippen molar-refractivity contribution in [3.05, 3.63) is 59.2 Å². The van der Waals surface area contributed by atoms with Crippen LogP contribution in [0.25, 0.3) is 0 Å². The van der Waals surface area contributed by atoms with Crippen LogP contribution in [0.5, 0.6) is 11.5 Å². The molecule has 2 aromatic carbocycles. The molecule has 0 aromatic heterocycles. The summed E-state index contributed by atoms with van der Waals surface area (Å²) in [5, 5.41) is 2.95. The van der Waals surface area contributed by atoms with E-state index >= 15 is 0 Å². The van der Waals surface area contributed by atoms with Gasteiger partial charge in [-0.05, 0) is 49.4 Å². The van der Waals surface area contributed by atoms with Crippen LogP contribution in [0.15, 0.2) is 42.5 Å². The Morgan fingerprint density at radius 3 is 2.39 bits per heavy atom. The second-order valence-corrected chi connectivity index (χ2v) is 8.51. The molecule has 0 radical (unpaired) electrons. The van der Waals surface area contributed by atoms with Crippen LogP contribution in [0, 0.1) is 12.8 Å². The quantitative estimate of drug-likeness (QED) is 0.664. The van der Waals surface area contributed by atoms with E-state index < -0.39 is 6.04 Å². The number of benzene rings is 2. The lowest BCUT2D eigenvalue weighted by Gasteiger charge is -2.29. The van der Waals surface area contributed by atoms with Crippen LogP contribution in [-0.4, -0.2) is 36.1 Å². The normalized spacial score (nSPS) is 13.2. The van der Waals surface area contributed by atoms with Crippen molar-refractivity contribution in [3.63, 3.8) is 0 Å². The first kappa shape index (κ1) is 22.7. The third-order valence-electron chi connectivity index (χ3n) is 5.39. The van der Waals surface area contributed by atoms with E-state index in [1.54, 1.807) is 11.8 Å². The fourth-order valence-electron chi connectivity index (χ4n) is 3.42. The molecule has 0 saturated heterocycles. The van der Waals surface area contributed by atoms with Gasteiger partial charge in [0.15, 0.2) is 11.5 Å². The molecule has 1 heterocycles. The van der Waals surface area contributed by atoms with Crippen LogP contribution in [0.1, 0.15) is 43.9 Å². The molecule has 166 valence electrons. The lowest BCUT2D eigenvalue weighted by atomic mass is 10.1. The van der Waals surface area contributed by atoms with Gasteiger partial charge in [-0.25, -0.2) is 0 Å². The highest BCUT2D eigenvalue weighted by Crippen LogP contribution is 2.32. The molecule has 2 amide bonds. The molecular weight excluding hydrogens is 392 g/mol. The highest BCUT2D eigenvalue weighted by Gasteiger charge is 2.26. The Hall–Kier alpha value is -3.02. The van der Waals surface area contributed by atoms with E-state index in [-0.39, 0.29) is 18.6 Å². The number of carbonyl (C=O) groups excluding carboxylic acids is 2. The highest BCUT2D eigenvalue weighted by atomic mass is 16.7. The number of carbonyl (C=O) groups is 2. The lowest BCUT2D eigenvalue weighted by Crippen LogP contribution is -2.48. The van der Waals surface area contributed by atoms with E-state index in [0.29, 0.717) is 37.6 Å². The Labute approximate surface area is 184 Å². The third kappa shape index (κ3) is 6.23. The predicted molar refractivity (Wildman–Crippen MR) is 120 cm³/mol. The summed E-state index contributed by atoms with van der Waals surface area (Å²) >= 11 is 0. The van der Waals surface area contributed by atoms with Crippen molar-refractivity contribution < 1.29 is 19.1 Å². The maximum atomic E-state index is 13.2. The van der Waals surface area contributed by atoms with Crippen LogP contribution < -0.4 is 14.8 Å². The lowest BCUT2D eigenvalue weighted by molar-refractivity contribution is -0.140. The van der Waals surface area contributed by atoms with Gasteiger partial charge in [-0.1, -0.05) is 49.7 Å². The molecule has 0 aliphatic carbocycles. The molecule has 6 heteroatoms. The zero-order chi connectivity index (χ0) is 22.4. The van der Waals surface area contributed by atoms with Crippen LogP contribution in [-0.2, 0) is 22.6 Å². The van der Waals surface area contributed by atoms with Crippen molar-refractivity contribution in [2.45, 2.75) is 53.1 Å². The molecule has 0 saturated carbocycles. The Bertz CT molecular complexity index is 908. The Morgan fingerprint density at radius 2 is 1.68 bits per heavy atom. The molecular formula is C25H32N2O4. The summed E-state index contributed by atoms with van der Waals surface area (Å²) in [6.07, 6.45) is 0.882. The zero-order valence-electron chi connectivity index (χ0n) is 18.8. The molecule has 31 heavy (non-hydrogen) atoms. The van der Waals surface area contributed by atoms with Crippen LogP contribution >= 0.6 is 0 Å². The first-order valence-electron chi connectivity index (χ1n) is 10.8. The Morgan fingerprint density at radius 1 is 1.00 bits per heavy atom. The van der Waals surface area contributed by atoms with Gasteiger partial charge in [0, 0.05) is 19.5 Å². The third-order valence-corrected chi connectivity index (χ3v) is 5.39. The molecule has 0 bridgehead atoms. The van der Waals surface area contributed by atoms with Gasteiger partial charge in [-0.3, -0.25) is 9.59 Å². The first-order valence-corrected chi connectivity index (χ1v) is 10.8. The summed E-state index contributed by atoms with van der Waals surface area (Å²) < 4.78 is 10.8. The second-order valence-electron chi connectivity index (χ2n) is 8.51. The van der Waals surface area contributed by atoms with E-state index in [0.717, 1.165) is 22.4 Å². The number of amides is 2. The monoisotopic (exact) mass is 424 g/mol. The van der Waals surface area contributed by atoms with Crippen LogP contribution in [0.4, 0.5) is 0 Å². The number of nitrogens with zero attached hydrogens (tertiary/aromatic N) is 1. The molecule has 0 spiro atoms. The summed E-state index contributed by atoms with van der Waals surface area (Å²) in [5.41, 5.74) is 3.17. The summed E-state index contributed by atoms with van der Waals surface area (Å²) in [4.78, 5) is 27.6. The summed E-state index contributed by atoms with van der Waals surface area (Å²) in [5.74, 6) is 1.61. The smallest absolute Gasteiger partial charge is 0.242 e. The fourth-order valence-corrected chi connectivity index (χ4v) is 3.42. The average Bonchev–Trinajstić information content (AvgIpc) is 3.22. The topological polar surface area (TPSA) is 67.9 Å². The van der Waals surface area contributed by atoms with Gasteiger partial charge in [0.25, 0.3) is 0 Å². The van der Waals surface area contributed by atoms with E-state index in [1.807, 2.05) is 63.2 Å². The number of hydrogen-bond acceptors (Lipinski definition) is 4. The molecule has 0 unspecified atom stereocenters. The van der Waals surface area contributed by atoms with Gasteiger partial charge in [0.2, 0.25) is 18.6 Å². The molecule has 1 N–H and O–H groups in total. The summed E-state index contributed by atoms with van der Waals surface area (Å²) in [7, 11) is 0. The number of nitrogens with one attached hydrogen (secondary N) is 1. The standard InChI is InChI=1S/C25H32N2O4/c1-17(2)14-26-25(29)19(4)27(15-21-7-5-18(3)6-8-21)24(28)12-10-20-9-11-22-23(13-20)31-16-30-22/h5-9,11,13,17,19H,10,12,14-16H2,1-4H3,(H,26,29)/t19-/m1/s1. The highest BCUT2D eigenvalue weighted by molar-refractivity contribution is 5.87. The molecule has 3 rings (SSSR count). The van der Waals surface area contributed by atoms with Gasteiger partial charge in [0.1, 0.15) is 6.04 Å². The zero-order valence-corrected chi connectivity index (χ0v) is 18.8. The first-order chi connectivity index (χ1) is 14.8. The van der Waals surface area contributed by atoms with Crippen LogP contribution in [0.3, 0.4) is 0 Å². The maximum absolute atomic E-state index is 13.2. The summed E-state index contributed by atoms with van der Waals surface area (Å²) in [6.45, 7) is 9.13. The van der Waals surface area contributed by atoms with Gasteiger partial charge < -0.3 is 19.7 Å². The number of ether oxygens (including phenoxy) is 2. The summed E-state index contributed by atoms with van der Waals surface area (Å²) in [6, 6.07) is 13.2.